The Morgan fingerprint density at radius 2 is 2.00 bits per heavy atom. The van der Waals surface area contributed by atoms with Gasteiger partial charge in [0.05, 0.1) is 10.4 Å². The van der Waals surface area contributed by atoms with E-state index >= 15 is 0 Å². The van der Waals surface area contributed by atoms with Gasteiger partial charge in [-0.3, -0.25) is 4.98 Å². The van der Waals surface area contributed by atoms with E-state index in [9.17, 15) is 8.42 Å². The van der Waals surface area contributed by atoms with Crippen molar-refractivity contribution >= 4 is 10.0 Å². The van der Waals surface area contributed by atoms with E-state index in [1.54, 1.807) is 22.8 Å². The molecule has 1 saturated carbocycles. The van der Waals surface area contributed by atoms with Gasteiger partial charge in [-0.1, -0.05) is 24.3 Å². The van der Waals surface area contributed by atoms with Gasteiger partial charge in [0.15, 0.2) is 0 Å². The van der Waals surface area contributed by atoms with Crippen molar-refractivity contribution in [2.24, 2.45) is 5.92 Å². The lowest BCUT2D eigenvalue weighted by Gasteiger charge is -2.34. The summed E-state index contributed by atoms with van der Waals surface area (Å²) >= 11 is 0. The van der Waals surface area contributed by atoms with Gasteiger partial charge in [-0.25, -0.2) is 8.42 Å². The number of hydrogen-bond donors (Lipinski definition) is 0. The highest BCUT2D eigenvalue weighted by molar-refractivity contribution is 7.89. The average Bonchev–Trinajstić information content (AvgIpc) is 3.34. The Bertz CT molecular complexity index is 927. The largest absolute Gasteiger partial charge is 0.301 e. The molecule has 1 spiro atoms. The lowest BCUT2D eigenvalue weighted by Crippen LogP contribution is -2.45. The molecule has 2 aromatic rings. The molecule has 136 valence electrons. The third kappa shape index (κ3) is 2.51. The summed E-state index contributed by atoms with van der Waals surface area (Å²) in [6.07, 6.45) is 6.98. The van der Waals surface area contributed by atoms with Crippen LogP contribution in [-0.4, -0.2) is 42.2 Å². The first kappa shape index (κ1) is 16.4. The molecule has 1 aliphatic carbocycles. The van der Waals surface area contributed by atoms with E-state index in [4.69, 9.17) is 0 Å². The number of aromatic nitrogens is 1. The zero-order valence-corrected chi connectivity index (χ0v) is 15.5. The van der Waals surface area contributed by atoms with Gasteiger partial charge in [0.1, 0.15) is 0 Å². The summed E-state index contributed by atoms with van der Waals surface area (Å²) in [6.45, 7) is 3.23. The van der Waals surface area contributed by atoms with Crippen molar-refractivity contribution in [2.75, 3.05) is 19.6 Å². The van der Waals surface area contributed by atoms with E-state index in [0.717, 1.165) is 43.1 Å². The maximum atomic E-state index is 13.4. The first-order valence-electron chi connectivity index (χ1n) is 9.33. The summed E-state index contributed by atoms with van der Waals surface area (Å²) in [5.41, 5.74) is 1.46. The molecule has 1 aromatic carbocycles. The average molecular weight is 369 g/mol. The predicted molar refractivity (Wildman–Crippen MR) is 98.9 cm³/mol. The number of nitrogens with zero attached hydrogens (tertiary/aromatic N) is 3. The molecule has 0 N–H and O–H groups in total. The van der Waals surface area contributed by atoms with Crippen molar-refractivity contribution in [3.8, 4) is 0 Å². The van der Waals surface area contributed by atoms with E-state index in [1.165, 1.54) is 12.8 Å². The van der Waals surface area contributed by atoms with Crippen LogP contribution in [0.4, 0.5) is 0 Å². The van der Waals surface area contributed by atoms with Crippen molar-refractivity contribution in [3.63, 3.8) is 0 Å². The molecule has 1 aromatic heterocycles. The van der Waals surface area contributed by atoms with Gasteiger partial charge in [0, 0.05) is 38.6 Å². The zero-order valence-electron chi connectivity index (χ0n) is 14.7. The van der Waals surface area contributed by atoms with E-state index in [1.807, 2.05) is 30.3 Å². The van der Waals surface area contributed by atoms with E-state index in [2.05, 4.69) is 9.88 Å². The second-order valence-corrected chi connectivity index (χ2v) is 9.66. The molecule has 0 radical (unpaired) electrons. The van der Waals surface area contributed by atoms with Gasteiger partial charge >= 0.3 is 0 Å². The molecule has 3 aliphatic rings. The quantitative estimate of drug-likeness (QED) is 0.831. The fourth-order valence-corrected chi connectivity index (χ4v) is 6.62. The molecular formula is C20H23N3O2S. The molecule has 6 heteroatoms. The Hall–Kier alpha value is -1.76. The van der Waals surface area contributed by atoms with Crippen LogP contribution in [0.5, 0.6) is 0 Å². The third-order valence-electron chi connectivity index (χ3n) is 6.02. The predicted octanol–water partition coefficient (Wildman–Crippen LogP) is 2.60. The molecular weight excluding hydrogens is 346 g/mol. The van der Waals surface area contributed by atoms with Crippen LogP contribution in [0.15, 0.2) is 53.7 Å². The number of pyridine rings is 1. The molecule has 5 nitrogen and oxygen atoms in total. The Balaban J connectivity index is 1.57. The Morgan fingerprint density at radius 3 is 2.77 bits per heavy atom. The van der Waals surface area contributed by atoms with Gasteiger partial charge in [0.2, 0.25) is 10.0 Å². The Morgan fingerprint density at radius 1 is 1.15 bits per heavy atom. The maximum Gasteiger partial charge on any atom is 0.244 e. The first-order valence-corrected chi connectivity index (χ1v) is 10.8. The first-order chi connectivity index (χ1) is 12.6. The monoisotopic (exact) mass is 369 g/mol. The van der Waals surface area contributed by atoms with Gasteiger partial charge in [-0.05, 0) is 48.4 Å². The summed E-state index contributed by atoms with van der Waals surface area (Å²) in [5.74, 6) is 0.810. The zero-order chi connectivity index (χ0) is 17.8. The van der Waals surface area contributed by atoms with Crippen molar-refractivity contribution in [1.29, 1.82) is 0 Å². The van der Waals surface area contributed by atoms with Crippen LogP contribution in [0.1, 0.15) is 30.4 Å². The smallest absolute Gasteiger partial charge is 0.244 e. The van der Waals surface area contributed by atoms with Crippen molar-refractivity contribution in [3.05, 3.63) is 59.9 Å². The van der Waals surface area contributed by atoms with E-state index in [-0.39, 0.29) is 0 Å². The number of hydrogen-bond acceptors (Lipinski definition) is 4. The van der Waals surface area contributed by atoms with Crippen LogP contribution in [0, 0.1) is 5.92 Å². The Labute approximate surface area is 154 Å². The summed E-state index contributed by atoms with van der Waals surface area (Å²) in [7, 11) is -3.49. The molecule has 2 aliphatic heterocycles. The summed E-state index contributed by atoms with van der Waals surface area (Å²) in [4.78, 5) is 7.12. The second-order valence-electron chi connectivity index (χ2n) is 7.83. The lowest BCUT2D eigenvalue weighted by molar-refractivity contribution is 0.184. The molecule has 26 heavy (non-hydrogen) atoms. The fourth-order valence-electron chi connectivity index (χ4n) is 4.57. The van der Waals surface area contributed by atoms with Gasteiger partial charge < -0.3 is 4.90 Å². The topological polar surface area (TPSA) is 53.5 Å². The molecule has 1 saturated heterocycles. The molecule has 0 amide bonds. The standard InChI is InChI=1S/C20H23N3O2S/c24-26(25)19-6-2-1-5-18(19)20(9-11-22(15-20)13-16-7-8-16)23(26)14-17-4-3-10-21-12-17/h1-6,10,12,16H,7-9,11,13-15H2. The van der Waals surface area contributed by atoms with Gasteiger partial charge in [-0.15, -0.1) is 0 Å². The second kappa shape index (κ2) is 5.87. The van der Waals surface area contributed by atoms with Crippen LogP contribution in [0.25, 0.3) is 0 Å². The minimum atomic E-state index is -3.49. The van der Waals surface area contributed by atoms with Crippen LogP contribution in [0.2, 0.25) is 0 Å². The normalized spacial score (nSPS) is 27.8. The van der Waals surface area contributed by atoms with Crippen LogP contribution < -0.4 is 0 Å². The highest BCUT2D eigenvalue weighted by Crippen LogP contribution is 2.50. The fraction of sp³-hybridized carbons (Fsp3) is 0.450. The molecule has 3 heterocycles. The minimum absolute atomic E-state index is 0.377. The van der Waals surface area contributed by atoms with E-state index < -0.39 is 15.6 Å². The van der Waals surface area contributed by atoms with Crippen LogP contribution in [-0.2, 0) is 22.1 Å². The molecule has 1 atom stereocenters. The van der Waals surface area contributed by atoms with Crippen molar-refractivity contribution < 1.29 is 8.42 Å². The lowest BCUT2D eigenvalue weighted by atomic mass is 9.88. The van der Waals surface area contributed by atoms with Crippen molar-refractivity contribution in [1.82, 2.24) is 14.2 Å². The van der Waals surface area contributed by atoms with Gasteiger partial charge in [-0.2, -0.15) is 4.31 Å². The third-order valence-corrected chi connectivity index (χ3v) is 7.99. The molecule has 0 bridgehead atoms. The number of benzene rings is 1. The number of likely N-dealkylation sites (tertiary alicyclic amines) is 1. The van der Waals surface area contributed by atoms with Gasteiger partial charge in [0.25, 0.3) is 0 Å². The van der Waals surface area contributed by atoms with E-state index in [0.29, 0.717) is 11.4 Å². The number of rotatable bonds is 4. The SMILES string of the molecule is O=S1(=O)c2ccccc2C2(CCN(CC3CC3)C2)N1Cc1cccnc1. The Kier molecular flexibility index (Phi) is 3.71. The molecule has 2 fully saturated rings. The summed E-state index contributed by atoms with van der Waals surface area (Å²) < 4.78 is 28.5. The highest BCUT2D eigenvalue weighted by Gasteiger charge is 2.56. The summed E-state index contributed by atoms with van der Waals surface area (Å²) in [6, 6.07) is 11.4. The minimum Gasteiger partial charge on any atom is -0.301 e. The van der Waals surface area contributed by atoms with Crippen molar-refractivity contribution in [2.45, 2.75) is 36.2 Å². The van der Waals surface area contributed by atoms with Crippen LogP contribution in [0.3, 0.4) is 0 Å². The number of fused-ring (bicyclic) bond motifs is 2. The maximum absolute atomic E-state index is 13.4. The molecule has 5 rings (SSSR count). The van der Waals surface area contributed by atoms with Crippen LogP contribution >= 0.6 is 0 Å². The summed E-state index contributed by atoms with van der Waals surface area (Å²) in [5, 5.41) is 0. The molecule has 1 unspecified atom stereocenters. The highest BCUT2D eigenvalue weighted by atomic mass is 32.2. The number of sulfonamides is 1.